The molecule has 3 rings (SSSR count). The van der Waals surface area contributed by atoms with Gasteiger partial charge in [-0.3, -0.25) is 14.7 Å². The van der Waals surface area contributed by atoms with E-state index in [0.29, 0.717) is 30.8 Å². The minimum atomic E-state index is -0.841. The molecule has 0 radical (unpaired) electrons. The molecule has 0 bridgehead atoms. The van der Waals surface area contributed by atoms with Gasteiger partial charge in [-0.1, -0.05) is 30.3 Å². The fourth-order valence-corrected chi connectivity index (χ4v) is 2.72. The van der Waals surface area contributed by atoms with E-state index in [9.17, 15) is 9.59 Å². The van der Waals surface area contributed by atoms with E-state index in [0.717, 1.165) is 5.56 Å². The van der Waals surface area contributed by atoms with Crippen molar-refractivity contribution in [2.45, 2.75) is 12.8 Å². The number of nitrogens with zero attached hydrogens (tertiary/aromatic N) is 2. The highest BCUT2D eigenvalue weighted by molar-refractivity contribution is 5.93. The SMILES string of the molecule is O=C(O)[C@H]1CCCN(C(=O)c2cc(-c3ccccc3)n[nH]2)C1. The summed E-state index contributed by atoms with van der Waals surface area (Å²) < 4.78 is 0. The van der Waals surface area contributed by atoms with Crippen LogP contribution in [0.1, 0.15) is 23.3 Å². The fourth-order valence-electron chi connectivity index (χ4n) is 2.72. The Labute approximate surface area is 127 Å². The lowest BCUT2D eigenvalue weighted by Crippen LogP contribution is -2.42. The predicted octanol–water partition coefficient (Wildman–Crippen LogP) is 2.01. The molecular formula is C16H17N3O3. The number of H-pyrrole nitrogens is 1. The number of piperidine rings is 1. The fraction of sp³-hybridized carbons (Fsp3) is 0.312. The molecule has 1 aromatic heterocycles. The molecule has 114 valence electrons. The molecule has 6 nitrogen and oxygen atoms in total. The number of amides is 1. The van der Waals surface area contributed by atoms with Crippen LogP contribution in [-0.2, 0) is 4.79 Å². The number of rotatable bonds is 3. The van der Waals surface area contributed by atoms with E-state index in [1.807, 2.05) is 30.3 Å². The third-order valence-corrected chi connectivity index (χ3v) is 3.94. The third-order valence-electron chi connectivity index (χ3n) is 3.94. The van der Waals surface area contributed by atoms with Crippen molar-refractivity contribution in [3.8, 4) is 11.3 Å². The summed E-state index contributed by atoms with van der Waals surface area (Å²) in [6.45, 7) is 0.843. The molecule has 1 aromatic carbocycles. The second-order valence-electron chi connectivity index (χ2n) is 5.46. The number of carbonyl (C=O) groups is 2. The molecule has 2 N–H and O–H groups in total. The molecule has 2 aromatic rings. The summed E-state index contributed by atoms with van der Waals surface area (Å²) in [5, 5.41) is 16.0. The van der Waals surface area contributed by atoms with Crippen LogP contribution in [-0.4, -0.2) is 45.2 Å². The Morgan fingerprint density at radius 2 is 2.05 bits per heavy atom. The van der Waals surface area contributed by atoms with Gasteiger partial charge >= 0.3 is 5.97 Å². The van der Waals surface area contributed by atoms with Crippen LogP contribution in [0.25, 0.3) is 11.3 Å². The largest absolute Gasteiger partial charge is 0.481 e. The molecule has 0 unspecified atom stereocenters. The topological polar surface area (TPSA) is 86.3 Å². The average Bonchev–Trinajstić information content (AvgIpc) is 3.05. The monoisotopic (exact) mass is 299 g/mol. The maximum absolute atomic E-state index is 12.5. The Hall–Kier alpha value is -2.63. The van der Waals surface area contributed by atoms with Crippen molar-refractivity contribution >= 4 is 11.9 Å². The summed E-state index contributed by atoms with van der Waals surface area (Å²) in [6, 6.07) is 11.3. The number of aliphatic carboxylic acids is 1. The summed E-state index contributed by atoms with van der Waals surface area (Å²) in [7, 11) is 0. The van der Waals surface area contributed by atoms with Crippen molar-refractivity contribution in [1.82, 2.24) is 15.1 Å². The Morgan fingerprint density at radius 3 is 2.77 bits per heavy atom. The van der Waals surface area contributed by atoms with Crippen molar-refractivity contribution in [2.24, 2.45) is 5.92 Å². The number of nitrogens with one attached hydrogen (secondary N) is 1. The standard InChI is InChI=1S/C16H17N3O3/c20-15(19-8-4-7-12(10-19)16(21)22)14-9-13(17-18-14)11-5-2-1-3-6-11/h1-3,5-6,9,12H,4,7-8,10H2,(H,17,18)(H,21,22)/t12-/m0/s1. The second-order valence-corrected chi connectivity index (χ2v) is 5.46. The van der Waals surface area contributed by atoms with Crippen LogP contribution in [0, 0.1) is 5.92 Å². The van der Waals surface area contributed by atoms with Crippen LogP contribution in [0.5, 0.6) is 0 Å². The molecule has 22 heavy (non-hydrogen) atoms. The van der Waals surface area contributed by atoms with Crippen LogP contribution in [0.3, 0.4) is 0 Å². The van der Waals surface area contributed by atoms with E-state index in [4.69, 9.17) is 5.11 Å². The number of hydrogen-bond acceptors (Lipinski definition) is 3. The number of carboxylic acids is 1. The molecule has 0 aliphatic carbocycles. The van der Waals surface area contributed by atoms with E-state index in [2.05, 4.69) is 10.2 Å². The second kappa shape index (κ2) is 6.01. The lowest BCUT2D eigenvalue weighted by molar-refractivity contribution is -0.143. The predicted molar refractivity (Wildman–Crippen MR) is 80.3 cm³/mol. The van der Waals surface area contributed by atoms with Gasteiger partial charge in [-0.25, -0.2) is 0 Å². The molecule has 0 saturated carbocycles. The number of hydrogen-bond donors (Lipinski definition) is 2. The molecule has 0 spiro atoms. The van der Waals surface area contributed by atoms with Crippen LogP contribution in [0.15, 0.2) is 36.4 Å². The van der Waals surface area contributed by atoms with E-state index in [1.165, 1.54) is 0 Å². The Bertz CT molecular complexity index is 681. The lowest BCUT2D eigenvalue weighted by atomic mass is 9.98. The first-order chi connectivity index (χ1) is 10.6. The van der Waals surface area contributed by atoms with Crippen molar-refractivity contribution in [2.75, 3.05) is 13.1 Å². The minimum absolute atomic E-state index is 0.194. The molecule has 1 aliphatic rings. The van der Waals surface area contributed by atoms with Crippen molar-refractivity contribution in [3.05, 3.63) is 42.1 Å². The van der Waals surface area contributed by atoms with Gasteiger partial charge in [0.25, 0.3) is 5.91 Å². The molecule has 1 saturated heterocycles. The van der Waals surface area contributed by atoms with Gasteiger partial charge in [-0.2, -0.15) is 5.10 Å². The van der Waals surface area contributed by atoms with Gasteiger partial charge in [-0.05, 0) is 18.9 Å². The Kier molecular flexibility index (Phi) is 3.91. The van der Waals surface area contributed by atoms with Crippen molar-refractivity contribution < 1.29 is 14.7 Å². The quantitative estimate of drug-likeness (QED) is 0.907. The van der Waals surface area contributed by atoms with Gasteiger partial charge in [0.15, 0.2) is 0 Å². The molecule has 1 amide bonds. The van der Waals surface area contributed by atoms with Crippen molar-refractivity contribution in [3.63, 3.8) is 0 Å². The highest BCUT2D eigenvalue weighted by Gasteiger charge is 2.29. The maximum Gasteiger partial charge on any atom is 0.308 e. The van der Waals surface area contributed by atoms with Gasteiger partial charge in [-0.15, -0.1) is 0 Å². The number of aromatic nitrogens is 2. The summed E-state index contributed by atoms with van der Waals surface area (Å²) >= 11 is 0. The highest BCUT2D eigenvalue weighted by Crippen LogP contribution is 2.21. The smallest absolute Gasteiger partial charge is 0.308 e. The Morgan fingerprint density at radius 1 is 1.27 bits per heavy atom. The third kappa shape index (κ3) is 2.86. The number of carboxylic acid groups (broad SMARTS) is 1. The zero-order valence-corrected chi connectivity index (χ0v) is 12.0. The first-order valence-electron chi connectivity index (χ1n) is 7.28. The number of aromatic amines is 1. The van der Waals surface area contributed by atoms with E-state index < -0.39 is 11.9 Å². The van der Waals surface area contributed by atoms with Gasteiger partial charge in [0.05, 0.1) is 11.6 Å². The van der Waals surface area contributed by atoms with Crippen LogP contribution in [0.4, 0.5) is 0 Å². The first kappa shape index (κ1) is 14.3. The summed E-state index contributed by atoms with van der Waals surface area (Å²) in [5.74, 6) is -1.51. The summed E-state index contributed by atoms with van der Waals surface area (Å²) in [6.07, 6.45) is 1.33. The van der Waals surface area contributed by atoms with Crippen LogP contribution >= 0.6 is 0 Å². The number of benzene rings is 1. The Balaban J connectivity index is 1.76. The van der Waals surface area contributed by atoms with E-state index in [-0.39, 0.29) is 12.5 Å². The van der Waals surface area contributed by atoms with Gasteiger partial charge < -0.3 is 10.0 Å². The van der Waals surface area contributed by atoms with Crippen LogP contribution in [0.2, 0.25) is 0 Å². The average molecular weight is 299 g/mol. The highest BCUT2D eigenvalue weighted by atomic mass is 16.4. The molecule has 6 heteroatoms. The first-order valence-corrected chi connectivity index (χ1v) is 7.28. The number of carbonyl (C=O) groups excluding carboxylic acids is 1. The summed E-state index contributed by atoms with van der Waals surface area (Å²) in [5.41, 5.74) is 2.03. The zero-order valence-electron chi connectivity index (χ0n) is 12.0. The maximum atomic E-state index is 12.5. The summed E-state index contributed by atoms with van der Waals surface area (Å²) in [4.78, 5) is 25.2. The molecular weight excluding hydrogens is 282 g/mol. The molecule has 2 heterocycles. The van der Waals surface area contributed by atoms with Gasteiger partial charge in [0.1, 0.15) is 5.69 Å². The van der Waals surface area contributed by atoms with E-state index >= 15 is 0 Å². The normalized spacial score (nSPS) is 18.2. The van der Waals surface area contributed by atoms with E-state index in [1.54, 1.807) is 11.0 Å². The number of likely N-dealkylation sites (tertiary alicyclic amines) is 1. The molecule has 1 atom stereocenters. The van der Waals surface area contributed by atoms with Gasteiger partial charge in [0, 0.05) is 18.7 Å². The van der Waals surface area contributed by atoms with Gasteiger partial charge in [0.2, 0.25) is 0 Å². The molecule has 1 fully saturated rings. The zero-order chi connectivity index (χ0) is 15.5. The van der Waals surface area contributed by atoms with Crippen LogP contribution < -0.4 is 0 Å². The minimum Gasteiger partial charge on any atom is -0.481 e. The lowest BCUT2D eigenvalue weighted by Gasteiger charge is -2.30. The molecule has 1 aliphatic heterocycles. The van der Waals surface area contributed by atoms with Crippen molar-refractivity contribution in [1.29, 1.82) is 0 Å².